The predicted molar refractivity (Wildman–Crippen MR) is 129 cm³/mol. The van der Waals surface area contributed by atoms with Gasteiger partial charge in [-0.3, -0.25) is 9.20 Å². The minimum absolute atomic E-state index is 0.0366. The molecule has 3 aromatic heterocycles. The number of rotatable bonds is 6. The first-order valence-corrected chi connectivity index (χ1v) is 11.8. The van der Waals surface area contributed by atoms with Gasteiger partial charge in [-0.25, -0.2) is 14.4 Å². The lowest BCUT2D eigenvalue weighted by Crippen LogP contribution is -2.46. The number of hydrogen-bond acceptors (Lipinski definition) is 7. The molecule has 1 aliphatic heterocycles. The van der Waals surface area contributed by atoms with Crippen LogP contribution >= 0.6 is 11.8 Å². The van der Waals surface area contributed by atoms with Gasteiger partial charge in [0.1, 0.15) is 22.6 Å². The number of anilines is 2. The fourth-order valence-corrected chi connectivity index (χ4v) is 4.44. The Labute approximate surface area is 208 Å². The number of likely N-dealkylation sites (tertiary alicyclic amines) is 1. The van der Waals surface area contributed by atoms with E-state index in [1.54, 1.807) is 12.1 Å². The topological polar surface area (TPSA) is 102 Å². The van der Waals surface area contributed by atoms with E-state index in [4.69, 9.17) is 0 Å². The van der Waals surface area contributed by atoms with E-state index in [1.165, 1.54) is 23.8 Å². The van der Waals surface area contributed by atoms with Gasteiger partial charge in [0.2, 0.25) is 5.95 Å². The summed E-state index contributed by atoms with van der Waals surface area (Å²) in [6.07, 6.45) is 2.24. The number of pyridine rings is 1. The summed E-state index contributed by atoms with van der Waals surface area (Å²) in [4.78, 5) is 24.6. The normalized spacial score (nSPS) is 18.5. The van der Waals surface area contributed by atoms with Crippen molar-refractivity contribution in [1.82, 2.24) is 29.6 Å². The van der Waals surface area contributed by atoms with Crippen molar-refractivity contribution in [1.29, 1.82) is 0 Å². The molecule has 1 aliphatic rings. The lowest BCUT2D eigenvalue weighted by atomic mass is 10.0. The zero-order valence-corrected chi connectivity index (χ0v) is 20.2. The fraction of sp³-hybridized carbons (Fsp3) is 0.409. The molecule has 0 aliphatic carbocycles. The molecule has 192 valence electrons. The van der Waals surface area contributed by atoms with Crippen LogP contribution in [-0.4, -0.2) is 81.6 Å². The van der Waals surface area contributed by atoms with Crippen LogP contribution in [0.1, 0.15) is 22.6 Å². The zero-order valence-electron chi connectivity index (χ0n) is 19.4. The van der Waals surface area contributed by atoms with E-state index in [1.807, 2.05) is 11.9 Å². The van der Waals surface area contributed by atoms with Crippen LogP contribution < -0.4 is 16.0 Å². The fourth-order valence-electron chi connectivity index (χ4n) is 3.78. The van der Waals surface area contributed by atoms with Gasteiger partial charge in [0.05, 0.1) is 24.5 Å². The molecule has 4 N–H and O–H groups in total. The van der Waals surface area contributed by atoms with Crippen LogP contribution in [0.25, 0.3) is 5.65 Å². The summed E-state index contributed by atoms with van der Waals surface area (Å²) in [6, 6.07) is 2.77. The average Bonchev–Trinajstić information content (AvgIpc) is 3.43. The van der Waals surface area contributed by atoms with Gasteiger partial charge in [-0.2, -0.15) is 13.2 Å². The maximum Gasteiger partial charge on any atom is 0.447 e. The Balaban J connectivity index is 1.58. The van der Waals surface area contributed by atoms with Gasteiger partial charge in [-0.05, 0) is 31.5 Å². The monoisotopic (exact) mass is 524 g/mol. The lowest BCUT2D eigenvalue weighted by Gasteiger charge is -2.33. The molecule has 0 spiro atoms. The van der Waals surface area contributed by atoms with Crippen LogP contribution in [0.3, 0.4) is 0 Å². The lowest BCUT2D eigenvalue weighted by molar-refractivity contribution is -0.0330. The number of nitrogens with one attached hydrogen (secondary N) is 4. The van der Waals surface area contributed by atoms with Crippen LogP contribution in [0.4, 0.5) is 29.2 Å². The van der Waals surface area contributed by atoms with Gasteiger partial charge in [0.15, 0.2) is 5.65 Å². The number of thioether (sulfide) groups is 1. The third kappa shape index (κ3) is 6.03. The molecule has 4 heterocycles. The van der Waals surface area contributed by atoms with Crippen molar-refractivity contribution in [2.75, 3.05) is 44.4 Å². The van der Waals surface area contributed by atoms with Crippen LogP contribution in [0, 0.1) is 11.8 Å². The van der Waals surface area contributed by atoms with Crippen LogP contribution in [-0.2, 0) is 0 Å². The molecule has 14 heteroatoms. The summed E-state index contributed by atoms with van der Waals surface area (Å²) in [7, 11) is 3.32. The number of carbonyl (C=O) groups is 1. The van der Waals surface area contributed by atoms with Gasteiger partial charge in [-0.15, -0.1) is 0 Å². The van der Waals surface area contributed by atoms with Gasteiger partial charge in [0.25, 0.3) is 5.91 Å². The molecule has 0 saturated carbocycles. The number of H-pyrrole nitrogens is 1. The summed E-state index contributed by atoms with van der Waals surface area (Å²) in [5.74, 6) is 5.37. The highest BCUT2D eigenvalue weighted by Gasteiger charge is 2.33. The van der Waals surface area contributed by atoms with Crippen molar-refractivity contribution < 1.29 is 22.4 Å². The smallest absolute Gasteiger partial charge is 0.376 e. The second-order valence-corrected chi connectivity index (χ2v) is 9.18. The molecular formula is C22H24F4N8OS. The zero-order chi connectivity index (χ0) is 25.9. The van der Waals surface area contributed by atoms with E-state index in [9.17, 15) is 22.4 Å². The first kappa shape index (κ1) is 25.6. The molecule has 0 unspecified atom stereocenters. The third-order valence-electron chi connectivity index (χ3n) is 5.50. The molecule has 2 atom stereocenters. The Kier molecular flexibility index (Phi) is 7.60. The molecule has 0 bridgehead atoms. The largest absolute Gasteiger partial charge is 0.447 e. The highest BCUT2D eigenvalue weighted by Crippen LogP contribution is 2.39. The number of nitrogens with zero attached hydrogens (tertiary/aromatic N) is 4. The Morgan fingerprint density at radius 2 is 2.19 bits per heavy atom. The summed E-state index contributed by atoms with van der Waals surface area (Å²) < 4.78 is 55.9. The number of halogens is 4. The first-order chi connectivity index (χ1) is 17.1. The van der Waals surface area contributed by atoms with E-state index < -0.39 is 17.7 Å². The quantitative estimate of drug-likeness (QED) is 0.223. The van der Waals surface area contributed by atoms with Crippen LogP contribution in [0.5, 0.6) is 0 Å². The maximum atomic E-state index is 14.6. The number of alkyl halides is 4. The molecule has 1 fully saturated rings. The minimum Gasteiger partial charge on any atom is -0.376 e. The highest BCUT2D eigenvalue weighted by atomic mass is 32.2. The van der Waals surface area contributed by atoms with Crippen molar-refractivity contribution in [3.8, 4) is 11.8 Å². The second-order valence-electron chi connectivity index (χ2n) is 8.13. The number of piperidine rings is 1. The molecule has 1 amide bonds. The Bertz CT molecular complexity index is 1290. The summed E-state index contributed by atoms with van der Waals surface area (Å²) >= 11 is -0.311. The van der Waals surface area contributed by atoms with E-state index in [-0.39, 0.29) is 58.8 Å². The maximum absolute atomic E-state index is 14.6. The number of carbonyl (C=O) groups excluding carboxylic acids is 1. The molecule has 1 saturated heterocycles. The Hall–Kier alpha value is -3.44. The first-order valence-electron chi connectivity index (χ1n) is 11.0. The average molecular weight is 525 g/mol. The SMILES string of the molecule is CNC(=O)c1cnc(NCC#Cc2nc3c(N[C@@H]4CCN(C)C[C@@H]4F)cccn3c2SC(F)(F)F)[nH]1. The number of aromatic amines is 1. The van der Waals surface area contributed by atoms with Crippen molar-refractivity contribution >= 4 is 35.0 Å². The third-order valence-corrected chi connectivity index (χ3v) is 6.32. The molecule has 4 rings (SSSR count). The van der Waals surface area contributed by atoms with E-state index in [0.717, 1.165) is 0 Å². The number of fused-ring (bicyclic) bond motifs is 1. The van der Waals surface area contributed by atoms with Gasteiger partial charge in [-0.1, -0.05) is 5.92 Å². The highest BCUT2D eigenvalue weighted by molar-refractivity contribution is 8.00. The Morgan fingerprint density at radius 1 is 1.39 bits per heavy atom. The molecule has 9 nitrogen and oxygen atoms in total. The van der Waals surface area contributed by atoms with Crippen LogP contribution in [0.2, 0.25) is 0 Å². The molecule has 3 aromatic rings. The predicted octanol–water partition coefficient (Wildman–Crippen LogP) is 2.95. The van der Waals surface area contributed by atoms with E-state index >= 15 is 0 Å². The van der Waals surface area contributed by atoms with E-state index in [2.05, 4.69) is 42.7 Å². The Morgan fingerprint density at radius 3 is 2.92 bits per heavy atom. The molecular weight excluding hydrogens is 500 g/mol. The van der Waals surface area contributed by atoms with Crippen molar-refractivity contribution in [2.45, 2.75) is 29.2 Å². The number of aromatic nitrogens is 4. The minimum atomic E-state index is -4.56. The second kappa shape index (κ2) is 10.7. The van der Waals surface area contributed by atoms with Crippen LogP contribution in [0.15, 0.2) is 29.6 Å². The molecule has 0 aromatic carbocycles. The summed E-state index contributed by atoms with van der Waals surface area (Å²) in [5, 5.41) is 8.24. The number of imidazole rings is 2. The standard InChI is InChI=1S/C22H24F4N8OS/c1-27-19(35)17-11-29-21(32-17)28-8-3-5-16-20(36-22(24,25)26)34-9-4-6-15(18(34)31-16)30-14-7-10-33(2)12-13(14)23/h4,6,9,11,13-14,30H,7-8,10,12H2,1-2H3,(H,27,35)(H2,28,29,32)/t13-,14+/m0/s1. The van der Waals surface area contributed by atoms with Crippen molar-refractivity contribution in [2.24, 2.45) is 0 Å². The number of hydrogen-bond donors (Lipinski definition) is 4. The van der Waals surface area contributed by atoms with Gasteiger partial charge in [0, 0.05) is 38.1 Å². The van der Waals surface area contributed by atoms with Crippen molar-refractivity contribution in [3.63, 3.8) is 0 Å². The number of amides is 1. The molecule has 36 heavy (non-hydrogen) atoms. The molecule has 0 radical (unpaired) electrons. The van der Waals surface area contributed by atoms with Crippen molar-refractivity contribution in [3.05, 3.63) is 35.9 Å². The van der Waals surface area contributed by atoms with Gasteiger partial charge < -0.3 is 25.8 Å². The summed E-state index contributed by atoms with van der Waals surface area (Å²) in [5.41, 5.74) is -3.70. The summed E-state index contributed by atoms with van der Waals surface area (Å²) in [6.45, 7) is 1.01. The van der Waals surface area contributed by atoms with E-state index in [0.29, 0.717) is 18.7 Å². The van der Waals surface area contributed by atoms with Gasteiger partial charge >= 0.3 is 5.51 Å².